The summed E-state index contributed by atoms with van der Waals surface area (Å²) in [5.74, 6) is -0.984. The molecular formula is C24H23N5O6. The summed E-state index contributed by atoms with van der Waals surface area (Å²) in [7, 11) is 1.38. The largest absolute Gasteiger partial charge is 0.496 e. The van der Waals surface area contributed by atoms with Crippen molar-refractivity contribution in [1.82, 2.24) is 14.6 Å². The molecule has 0 aliphatic heterocycles. The van der Waals surface area contributed by atoms with Gasteiger partial charge in [0.25, 0.3) is 11.6 Å². The molecule has 0 aliphatic rings. The monoisotopic (exact) mass is 477 g/mol. The van der Waals surface area contributed by atoms with Crippen LogP contribution in [0.15, 0.2) is 42.5 Å². The van der Waals surface area contributed by atoms with E-state index in [1.807, 2.05) is 38.1 Å². The second kappa shape index (κ2) is 9.75. The Bertz CT molecular complexity index is 1460. The third kappa shape index (κ3) is 4.88. The molecular weight excluding hydrogens is 454 g/mol. The summed E-state index contributed by atoms with van der Waals surface area (Å²) in [6.45, 7) is 3.23. The third-order valence-electron chi connectivity index (χ3n) is 5.64. The molecule has 0 fully saturated rings. The van der Waals surface area contributed by atoms with E-state index in [4.69, 9.17) is 9.47 Å². The molecule has 11 nitrogen and oxygen atoms in total. The van der Waals surface area contributed by atoms with Crippen molar-refractivity contribution in [2.24, 2.45) is 0 Å². The molecule has 0 radical (unpaired) electrons. The maximum absolute atomic E-state index is 12.3. The van der Waals surface area contributed by atoms with Gasteiger partial charge in [-0.05, 0) is 50.1 Å². The second-order valence-electron chi connectivity index (χ2n) is 7.86. The van der Waals surface area contributed by atoms with Crippen LogP contribution in [0.3, 0.4) is 0 Å². The van der Waals surface area contributed by atoms with Crippen molar-refractivity contribution in [2.45, 2.75) is 26.7 Å². The number of aromatic nitrogens is 3. The standard InChI is InChI=1S/C24H23N5O6/c1-14-17(15(2)28-24(25-14)18-6-4-5-7-19(18)27-28)9-11-23(31)35-13-22(30)26-20-10-8-16(34-3)12-21(20)29(32)33/h4-8,10,12H,9,11,13H2,1-3H3,(H,26,30). The summed E-state index contributed by atoms with van der Waals surface area (Å²) < 4.78 is 11.8. The van der Waals surface area contributed by atoms with Gasteiger partial charge < -0.3 is 14.8 Å². The number of nitro groups is 1. The lowest BCUT2D eigenvalue weighted by Crippen LogP contribution is -2.21. The lowest BCUT2D eigenvalue weighted by Gasteiger charge is -2.11. The van der Waals surface area contributed by atoms with Crippen molar-refractivity contribution in [3.05, 3.63) is 69.5 Å². The van der Waals surface area contributed by atoms with Crippen molar-refractivity contribution in [1.29, 1.82) is 0 Å². The molecule has 35 heavy (non-hydrogen) atoms. The molecule has 4 aromatic rings. The molecule has 1 amide bonds. The van der Waals surface area contributed by atoms with Gasteiger partial charge in [0.1, 0.15) is 11.4 Å². The van der Waals surface area contributed by atoms with E-state index < -0.39 is 23.4 Å². The molecule has 0 unspecified atom stereocenters. The highest BCUT2D eigenvalue weighted by atomic mass is 16.6. The number of nitrogens with one attached hydrogen (secondary N) is 1. The Morgan fingerprint density at radius 2 is 1.94 bits per heavy atom. The van der Waals surface area contributed by atoms with Gasteiger partial charge in [-0.2, -0.15) is 5.10 Å². The van der Waals surface area contributed by atoms with Gasteiger partial charge in [0.2, 0.25) is 0 Å². The highest BCUT2D eigenvalue weighted by Gasteiger charge is 2.19. The van der Waals surface area contributed by atoms with Crippen LogP contribution in [-0.4, -0.2) is 45.1 Å². The van der Waals surface area contributed by atoms with Gasteiger partial charge in [0.05, 0.1) is 23.6 Å². The third-order valence-corrected chi connectivity index (χ3v) is 5.64. The van der Waals surface area contributed by atoms with Gasteiger partial charge in [0, 0.05) is 23.2 Å². The molecule has 0 saturated heterocycles. The summed E-state index contributed by atoms with van der Waals surface area (Å²) in [4.78, 5) is 39.8. The molecule has 0 aliphatic carbocycles. The number of anilines is 1. The van der Waals surface area contributed by atoms with Crippen molar-refractivity contribution < 1.29 is 24.0 Å². The Morgan fingerprint density at radius 3 is 2.69 bits per heavy atom. The Kier molecular flexibility index (Phi) is 6.58. The van der Waals surface area contributed by atoms with Crippen LogP contribution in [-0.2, 0) is 20.7 Å². The van der Waals surface area contributed by atoms with E-state index in [-0.39, 0.29) is 23.5 Å². The van der Waals surface area contributed by atoms with Gasteiger partial charge >= 0.3 is 5.97 Å². The number of benzene rings is 2. The predicted molar refractivity (Wildman–Crippen MR) is 128 cm³/mol. The Labute approximate surface area is 199 Å². The minimum absolute atomic E-state index is 0.0194. The molecule has 2 aromatic heterocycles. The first kappa shape index (κ1) is 23.6. The lowest BCUT2D eigenvalue weighted by molar-refractivity contribution is -0.384. The summed E-state index contributed by atoms with van der Waals surface area (Å²) in [6, 6.07) is 11.8. The lowest BCUT2D eigenvalue weighted by atomic mass is 10.1. The van der Waals surface area contributed by atoms with Crippen molar-refractivity contribution in [3.8, 4) is 5.75 Å². The maximum Gasteiger partial charge on any atom is 0.306 e. The van der Waals surface area contributed by atoms with Gasteiger partial charge in [-0.1, -0.05) is 12.1 Å². The minimum atomic E-state index is -0.690. The molecule has 0 saturated carbocycles. The Hall–Kier alpha value is -4.54. The van der Waals surface area contributed by atoms with E-state index in [0.29, 0.717) is 6.42 Å². The van der Waals surface area contributed by atoms with Gasteiger partial charge in [-0.3, -0.25) is 19.7 Å². The summed E-state index contributed by atoms with van der Waals surface area (Å²) >= 11 is 0. The molecule has 0 bridgehead atoms. The van der Waals surface area contributed by atoms with Crippen LogP contribution in [0.5, 0.6) is 5.75 Å². The van der Waals surface area contributed by atoms with Gasteiger partial charge in [0.15, 0.2) is 12.3 Å². The highest BCUT2D eigenvalue weighted by Crippen LogP contribution is 2.29. The van der Waals surface area contributed by atoms with Crippen LogP contribution in [0.4, 0.5) is 11.4 Å². The normalized spacial score (nSPS) is 10.9. The zero-order valence-corrected chi connectivity index (χ0v) is 19.4. The number of methoxy groups -OCH3 is 1. The smallest absolute Gasteiger partial charge is 0.306 e. The van der Waals surface area contributed by atoms with Crippen molar-refractivity contribution in [2.75, 3.05) is 19.0 Å². The number of ether oxygens (including phenoxy) is 2. The topological polar surface area (TPSA) is 138 Å². The number of rotatable bonds is 8. The van der Waals surface area contributed by atoms with Crippen molar-refractivity contribution in [3.63, 3.8) is 0 Å². The number of esters is 1. The molecule has 0 atom stereocenters. The number of amides is 1. The zero-order valence-electron chi connectivity index (χ0n) is 19.4. The van der Waals surface area contributed by atoms with Crippen LogP contribution < -0.4 is 10.1 Å². The molecule has 2 aromatic carbocycles. The van der Waals surface area contributed by atoms with E-state index in [1.165, 1.54) is 25.3 Å². The first-order chi connectivity index (χ1) is 16.8. The highest BCUT2D eigenvalue weighted by molar-refractivity contribution is 5.95. The zero-order chi connectivity index (χ0) is 25.1. The second-order valence-corrected chi connectivity index (χ2v) is 7.86. The minimum Gasteiger partial charge on any atom is -0.496 e. The maximum atomic E-state index is 12.3. The molecule has 0 spiro atoms. The van der Waals surface area contributed by atoms with E-state index in [9.17, 15) is 19.7 Å². The Morgan fingerprint density at radius 1 is 1.17 bits per heavy atom. The average molecular weight is 477 g/mol. The fourth-order valence-corrected chi connectivity index (χ4v) is 3.87. The SMILES string of the molecule is COc1ccc(NC(=O)COC(=O)CCc2c(C)nc3c4ccccc4nn3c2C)c([N+](=O)[O-])c1. The number of nitrogens with zero attached hydrogens (tertiary/aromatic N) is 4. The predicted octanol–water partition coefficient (Wildman–Crippen LogP) is 3.53. The molecule has 2 heterocycles. The first-order valence-electron chi connectivity index (χ1n) is 10.8. The van der Waals surface area contributed by atoms with E-state index in [2.05, 4.69) is 15.4 Å². The first-order valence-corrected chi connectivity index (χ1v) is 10.8. The molecule has 11 heteroatoms. The summed E-state index contributed by atoms with van der Waals surface area (Å²) in [6.07, 6.45) is 0.396. The summed E-state index contributed by atoms with van der Waals surface area (Å²) in [5, 5.41) is 19.2. The number of carbonyl (C=O) groups excluding carboxylic acids is 2. The van der Waals surface area contributed by atoms with Crippen LogP contribution in [0.2, 0.25) is 0 Å². The summed E-state index contributed by atoms with van der Waals surface area (Å²) in [5.41, 5.74) is 3.78. The van der Waals surface area contributed by atoms with Crippen molar-refractivity contribution >= 4 is 39.8 Å². The van der Waals surface area contributed by atoms with Gasteiger partial charge in [-0.25, -0.2) is 9.50 Å². The fourth-order valence-electron chi connectivity index (χ4n) is 3.87. The van der Waals surface area contributed by atoms with E-state index >= 15 is 0 Å². The van der Waals surface area contributed by atoms with Crippen LogP contribution >= 0.6 is 0 Å². The molecule has 1 N–H and O–H groups in total. The van der Waals surface area contributed by atoms with Crippen LogP contribution in [0.1, 0.15) is 23.4 Å². The van der Waals surface area contributed by atoms with Crippen LogP contribution in [0.25, 0.3) is 16.6 Å². The van der Waals surface area contributed by atoms with Gasteiger partial charge in [-0.15, -0.1) is 0 Å². The molecule has 180 valence electrons. The average Bonchev–Trinajstić information content (AvgIpc) is 3.21. The van der Waals surface area contributed by atoms with E-state index in [0.717, 1.165) is 33.5 Å². The number of hydrogen-bond donors (Lipinski definition) is 1. The number of carbonyl (C=O) groups is 2. The number of nitro benzene ring substituents is 1. The Balaban J connectivity index is 1.38. The fraction of sp³-hybridized carbons (Fsp3) is 0.250. The van der Waals surface area contributed by atoms with Crippen LogP contribution in [0, 0.1) is 24.0 Å². The number of hydrogen-bond acceptors (Lipinski definition) is 8. The molecule has 4 rings (SSSR count). The number of aryl methyl sites for hydroxylation is 2. The quantitative estimate of drug-likeness (QED) is 0.231. The van der Waals surface area contributed by atoms with E-state index in [1.54, 1.807) is 4.52 Å². The number of fused-ring (bicyclic) bond motifs is 3.